The van der Waals surface area contributed by atoms with Gasteiger partial charge in [-0.3, -0.25) is 0 Å². The quantitative estimate of drug-likeness (QED) is 0.809. The van der Waals surface area contributed by atoms with Crippen LogP contribution in [0.15, 0.2) is 23.9 Å². The zero-order chi connectivity index (χ0) is 12.8. The molecule has 1 N–H and O–H groups in total. The van der Waals surface area contributed by atoms with E-state index < -0.39 is 0 Å². The number of aromatic nitrogens is 2. The number of hydrogen-bond acceptors (Lipinski definition) is 3. The van der Waals surface area contributed by atoms with Crippen molar-refractivity contribution in [2.75, 3.05) is 6.54 Å². The van der Waals surface area contributed by atoms with Gasteiger partial charge in [0, 0.05) is 6.20 Å². The third-order valence-electron chi connectivity index (χ3n) is 3.39. The van der Waals surface area contributed by atoms with Crippen LogP contribution in [0.2, 0.25) is 0 Å². The smallest absolute Gasteiger partial charge is 0.125 e. The Morgan fingerprint density at radius 3 is 2.94 bits per heavy atom. The third kappa shape index (κ3) is 3.39. The molecule has 3 nitrogen and oxygen atoms in total. The second kappa shape index (κ2) is 6.64. The molecule has 0 amide bonds. The summed E-state index contributed by atoms with van der Waals surface area (Å²) in [6.45, 7) is 5.19. The first kappa shape index (κ1) is 13.2. The zero-order valence-corrected chi connectivity index (χ0v) is 11.4. The highest BCUT2D eigenvalue weighted by Crippen LogP contribution is 2.28. The minimum atomic E-state index is 0.284. The number of nitrogens with zero attached hydrogens (tertiary/aromatic N) is 2. The summed E-state index contributed by atoms with van der Waals surface area (Å²) in [6.07, 6.45) is 10.4. The molecule has 98 valence electrons. The number of allylic oxidation sites excluding steroid dienone is 1. The van der Waals surface area contributed by atoms with Crippen LogP contribution in [0.1, 0.15) is 56.6 Å². The first-order valence-corrected chi connectivity index (χ1v) is 7.03. The van der Waals surface area contributed by atoms with Crippen LogP contribution in [0, 0.1) is 6.92 Å². The summed E-state index contributed by atoms with van der Waals surface area (Å²) in [7, 11) is 0. The maximum Gasteiger partial charge on any atom is 0.125 e. The number of rotatable bonds is 5. The Labute approximate surface area is 110 Å². The molecule has 1 aromatic heterocycles. The molecule has 1 aliphatic rings. The molecule has 1 atom stereocenters. The van der Waals surface area contributed by atoms with E-state index in [2.05, 4.69) is 28.3 Å². The van der Waals surface area contributed by atoms with Crippen molar-refractivity contribution in [2.24, 2.45) is 0 Å². The van der Waals surface area contributed by atoms with E-state index in [-0.39, 0.29) is 6.04 Å². The predicted molar refractivity (Wildman–Crippen MR) is 74.4 cm³/mol. The van der Waals surface area contributed by atoms with E-state index in [1.165, 1.54) is 31.3 Å². The van der Waals surface area contributed by atoms with Crippen LogP contribution < -0.4 is 5.32 Å². The highest BCUT2D eigenvalue weighted by molar-refractivity contribution is 5.23. The van der Waals surface area contributed by atoms with Gasteiger partial charge in [0.2, 0.25) is 0 Å². The first-order chi connectivity index (χ1) is 8.81. The number of nitrogens with one attached hydrogen (secondary N) is 1. The fourth-order valence-electron chi connectivity index (χ4n) is 2.47. The van der Waals surface area contributed by atoms with E-state index in [4.69, 9.17) is 0 Å². The molecular formula is C15H23N3. The molecule has 0 saturated carbocycles. The molecule has 1 aliphatic carbocycles. The van der Waals surface area contributed by atoms with Gasteiger partial charge in [-0.1, -0.05) is 18.6 Å². The molecule has 1 unspecified atom stereocenters. The Hall–Kier alpha value is -1.22. The minimum Gasteiger partial charge on any atom is -0.305 e. The Morgan fingerprint density at radius 2 is 2.28 bits per heavy atom. The summed E-state index contributed by atoms with van der Waals surface area (Å²) in [5.41, 5.74) is 2.62. The van der Waals surface area contributed by atoms with E-state index >= 15 is 0 Å². The average Bonchev–Trinajstić information content (AvgIpc) is 2.40. The normalized spacial score (nSPS) is 17.3. The van der Waals surface area contributed by atoms with Crippen molar-refractivity contribution in [2.45, 2.75) is 52.0 Å². The molecule has 1 heterocycles. The second-order valence-corrected chi connectivity index (χ2v) is 4.94. The highest BCUT2D eigenvalue weighted by Gasteiger charge is 2.18. The van der Waals surface area contributed by atoms with Gasteiger partial charge in [0.1, 0.15) is 5.82 Å². The minimum absolute atomic E-state index is 0.284. The lowest BCUT2D eigenvalue weighted by atomic mass is 9.92. The molecule has 0 fully saturated rings. The molecule has 0 bridgehead atoms. The molecule has 0 aliphatic heterocycles. The van der Waals surface area contributed by atoms with Crippen molar-refractivity contribution in [3.63, 3.8) is 0 Å². The van der Waals surface area contributed by atoms with Gasteiger partial charge in [0.05, 0.1) is 11.7 Å². The molecule has 3 heteroatoms. The van der Waals surface area contributed by atoms with Crippen molar-refractivity contribution >= 4 is 0 Å². The zero-order valence-electron chi connectivity index (χ0n) is 11.4. The van der Waals surface area contributed by atoms with Crippen molar-refractivity contribution in [3.8, 4) is 0 Å². The Balaban J connectivity index is 2.21. The van der Waals surface area contributed by atoms with E-state index in [9.17, 15) is 0 Å². The van der Waals surface area contributed by atoms with Gasteiger partial charge in [-0.25, -0.2) is 9.97 Å². The predicted octanol–water partition coefficient (Wildman–Crippen LogP) is 3.33. The highest BCUT2D eigenvalue weighted by atomic mass is 15.0. The standard InChI is InChI=1S/C15H23N3/c1-3-10-17-15(13-7-5-4-6-8-13)14-9-11-16-12(2)18-14/h7,9,11,15,17H,3-6,8,10H2,1-2H3. The summed E-state index contributed by atoms with van der Waals surface area (Å²) in [6, 6.07) is 2.32. The van der Waals surface area contributed by atoms with Crippen LogP contribution in [0.5, 0.6) is 0 Å². The summed E-state index contributed by atoms with van der Waals surface area (Å²) >= 11 is 0. The monoisotopic (exact) mass is 245 g/mol. The summed E-state index contributed by atoms with van der Waals surface area (Å²) in [5, 5.41) is 3.62. The van der Waals surface area contributed by atoms with Crippen molar-refractivity contribution in [1.29, 1.82) is 0 Å². The molecule has 0 saturated heterocycles. The fourth-order valence-corrected chi connectivity index (χ4v) is 2.47. The Morgan fingerprint density at radius 1 is 1.39 bits per heavy atom. The van der Waals surface area contributed by atoms with Gasteiger partial charge in [-0.15, -0.1) is 0 Å². The van der Waals surface area contributed by atoms with Crippen LogP contribution in [0.3, 0.4) is 0 Å². The van der Waals surface area contributed by atoms with Gasteiger partial charge in [0.15, 0.2) is 0 Å². The third-order valence-corrected chi connectivity index (χ3v) is 3.39. The summed E-state index contributed by atoms with van der Waals surface area (Å²) in [4.78, 5) is 8.78. The van der Waals surface area contributed by atoms with Gasteiger partial charge in [-0.2, -0.15) is 0 Å². The van der Waals surface area contributed by atoms with Gasteiger partial charge in [0.25, 0.3) is 0 Å². The lowest BCUT2D eigenvalue weighted by molar-refractivity contribution is 0.535. The van der Waals surface area contributed by atoms with Gasteiger partial charge in [-0.05, 0) is 51.6 Å². The van der Waals surface area contributed by atoms with Crippen molar-refractivity contribution in [3.05, 3.63) is 35.4 Å². The topological polar surface area (TPSA) is 37.8 Å². The molecule has 18 heavy (non-hydrogen) atoms. The van der Waals surface area contributed by atoms with Crippen LogP contribution in [0.25, 0.3) is 0 Å². The van der Waals surface area contributed by atoms with E-state index in [0.717, 1.165) is 24.5 Å². The Kier molecular flexibility index (Phi) is 4.88. The van der Waals surface area contributed by atoms with E-state index in [1.54, 1.807) is 0 Å². The SMILES string of the molecule is CCCNC(C1=CCCCC1)c1ccnc(C)n1. The fraction of sp³-hybridized carbons (Fsp3) is 0.600. The van der Waals surface area contributed by atoms with Gasteiger partial charge >= 0.3 is 0 Å². The van der Waals surface area contributed by atoms with E-state index in [0.29, 0.717) is 0 Å². The molecular weight excluding hydrogens is 222 g/mol. The van der Waals surface area contributed by atoms with Crippen molar-refractivity contribution in [1.82, 2.24) is 15.3 Å². The largest absolute Gasteiger partial charge is 0.305 e. The number of hydrogen-bond donors (Lipinski definition) is 1. The molecule has 0 spiro atoms. The van der Waals surface area contributed by atoms with Gasteiger partial charge < -0.3 is 5.32 Å². The maximum atomic E-state index is 4.59. The van der Waals surface area contributed by atoms with Crippen LogP contribution in [-0.4, -0.2) is 16.5 Å². The maximum absolute atomic E-state index is 4.59. The van der Waals surface area contributed by atoms with Crippen LogP contribution >= 0.6 is 0 Å². The first-order valence-electron chi connectivity index (χ1n) is 7.03. The molecule has 0 aromatic carbocycles. The lowest BCUT2D eigenvalue weighted by Gasteiger charge is -2.24. The van der Waals surface area contributed by atoms with E-state index in [1.807, 2.05) is 19.2 Å². The van der Waals surface area contributed by atoms with Crippen LogP contribution in [0.4, 0.5) is 0 Å². The molecule has 1 aromatic rings. The summed E-state index contributed by atoms with van der Waals surface area (Å²) in [5.74, 6) is 0.854. The molecule has 2 rings (SSSR count). The number of aryl methyl sites for hydroxylation is 1. The Bertz CT molecular complexity index is 412. The summed E-state index contributed by atoms with van der Waals surface area (Å²) < 4.78 is 0. The van der Waals surface area contributed by atoms with Crippen molar-refractivity contribution < 1.29 is 0 Å². The second-order valence-electron chi connectivity index (χ2n) is 4.94. The molecule has 0 radical (unpaired) electrons. The average molecular weight is 245 g/mol. The van der Waals surface area contributed by atoms with Crippen LogP contribution in [-0.2, 0) is 0 Å². The lowest BCUT2D eigenvalue weighted by Crippen LogP contribution is -2.25.